The Balaban J connectivity index is 1.36. The summed E-state index contributed by atoms with van der Waals surface area (Å²) < 4.78 is 7.55. The van der Waals surface area contributed by atoms with Crippen LogP contribution in [-0.4, -0.2) is 51.7 Å². The van der Waals surface area contributed by atoms with Gasteiger partial charge in [-0.2, -0.15) is 0 Å². The van der Waals surface area contributed by atoms with E-state index in [1.165, 1.54) is 0 Å². The molecule has 0 unspecified atom stereocenters. The predicted octanol–water partition coefficient (Wildman–Crippen LogP) is 3.27. The van der Waals surface area contributed by atoms with Crippen LogP contribution in [0.25, 0.3) is 11.2 Å². The minimum atomic E-state index is -0.130. The molecule has 0 saturated carbocycles. The highest BCUT2D eigenvalue weighted by Crippen LogP contribution is 2.24. The molecule has 0 bridgehead atoms. The van der Waals surface area contributed by atoms with Gasteiger partial charge in [0.25, 0.3) is 5.91 Å². The molecule has 32 heavy (non-hydrogen) atoms. The molecule has 1 fully saturated rings. The summed E-state index contributed by atoms with van der Waals surface area (Å²) in [5.74, 6) is 1.60. The Hall–Kier alpha value is -3.78. The molecular weight excluding hydrogens is 404 g/mol. The average molecular weight is 428 g/mol. The van der Waals surface area contributed by atoms with E-state index in [4.69, 9.17) is 9.72 Å². The van der Waals surface area contributed by atoms with E-state index >= 15 is 0 Å². The summed E-state index contributed by atoms with van der Waals surface area (Å²) in [5, 5.41) is 2.91. The van der Waals surface area contributed by atoms with E-state index in [1.54, 1.807) is 6.33 Å². The monoisotopic (exact) mass is 428 g/mol. The topological polar surface area (TPSA) is 85.2 Å². The summed E-state index contributed by atoms with van der Waals surface area (Å²) in [7, 11) is 0. The first-order chi connectivity index (χ1) is 15.7. The van der Waals surface area contributed by atoms with Crippen molar-refractivity contribution in [2.45, 2.75) is 13.5 Å². The quantitative estimate of drug-likeness (QED) is 0.525. The Morgan fingerprint density at radius 1 is 1.03 bits per heavy atom. The van der Waals surface area contributed by atoms with Crippen molar-refractivity contribution in [2.75, 3.05) is 36.5 Å². The van der Waals surface area contributed by atoms with Gasteiger partial charge < -0.3 is 19.5 Å². The molecule has 162 valence electrons. The van der Waals surface area contributed by atoms with Crippen LogP contribution in [0.4, 0.5) is 11.5 Å². The number of morpholine rings is 1. The fourth-order valence-corrected chi connectivity index (χ4v) is 3.90. The first-order valence-electron chi connectivity index (χ1n) is 10.6. The molecule has 5 rings (SSSR count). The second kappa shape index (κ2) is 8.76. The third-order valence-electron chi connectivity index (χ3n) is 5.60. The van der Waals surface area contributed by atoms with Crippen molar-refractivity contribution in [3.63, 3.8) is 0 Å². The highest BCUT2D eigenvalue weighted by Gasteiger charge is 2.20. The minimum Gasteiger partial charge on any atom is -0.378 e. The molecule has 1 N–H and O–H groups in total. The summed E-state index contributed by atoms with van der Waals surface area (Å²) in [5.41, 5.74) is 4.07. The number of amides is 1. The fraction of sp³-hybridized carbons (Fsp3) is 0.250. The van der Waals surface area contributed by atoms with Crippen molar-refractivity contribution in [2.24, 2.45) is 0 Å². The molecule has 0 radical (unpaired) electrons. The van der Waals surface area contributed by atoms with Gasteiger partial charge in [-0.25, -0.2) is 15.0 Å². The third-order valence-corrected chi connectivity index (χ3v) is 5.60. The highest BCUT2D eigenvalue weighted by molar-refractivity contribution is 6.04. The highest BCUT2D eigenvalue weighted by atomic mass is 16.5. The zero-order valence-corrected chi connectivity index (χ0v) is 17.9. The van der Waals surface area contributed by atoms with Gasteiger partial charge in [-0.15, -0.1) is 0 Å². The molecule has 1 saturated heterocycles. The molecule has 0 aliphatic carbocycles. The van der Waals surface area contributed by atoms with Crippen molar-refractivity contribution >= 4 is 28.6 Å². The number of nitrogens with zero attached hydrogens (tertiary/aromatic N) is 5. The number of aromatic nitrogens is 4. The van der Waals surface area contributed by atoms with Crippen LogP contribution < -0.4 is 10.2 Å². The van der Waals surface area contributed by atoms with Gasteiger partial charge in [-0.3, -0.25) is 4.79 Å². The number of imidazole rings is 1. The SMILES string of the molecule is Cc1nc2c(N3CCOCC3)ncnc2n1Cc1ccc(C(=O)Nc2ccccc2)cc1. The van der Waals surface area contributed by atoms with Crippen LogP contribution in [0.2, 0.25) is 0 Å². The number of hydrogen-bond donors (Lipinski definition) is 1. The number of para-hydroxylation sites is 1. The van der Waals surface area contributed by atoms with Crippen LogP contribution in [0.1, 0.15) is 21.7 Å². The lowest BCUT2D eigenvalue weighted by Gasteiger charge is -2.27. The standard InChI is InChI=1S/C24H24N6O2/c1-17-27-21-22(29-11-13-32-14-12-29)25-16-26-23(21)30(17)15-18-7-9-19(10-8-18)24(31)28-20-5-3-2-4-6-20/h2-10,16H,11-15H2,1H3,(H,28,31). The van der Waals surface area contributed by atoms with Crippen molar-refractivity contribution in [1.29, 1.82) is 0 Å². The Kier molecular flexibility index (Phi) is 5.51. The summed E-state index contributed by atoms with van der Waals surface area (Å²) in [4.78, 5) is 28.5. The Morgan fingerprint density at radius 3 is 2.53 bits per heavy atom. The number of carbonyl (C=O) groups excluding carboxylic acids is 1. The van der Waals surface area contributed by atoms with Crippen LogP contribution in [0.15, 0.2) is 60.9 Å². The Morgan fingerprint density at radius 2 is 1.78 bits per heavy atom. The van der Waals surface area contributed by atoms with Gasteiger partial charge in [-0.05, 0) is 36.8 Å². The molecule has 3 heterocycles. The molecule has 2 aromatic carbocycles. The first-order valence-corrected chi connectivity index (χ1v) is 10.6. The zero-order valence-electron chi connectivity index (χ0n) is 17.9. The summed E-state index contributed by atoms with van der Waals surface area (Å²) >= 11 is 0. The van der Waals surface area contributed by atoms with Crippen molar-refractivity contribution in [1.82, 2.24) is 19.5 Å². The number of hydrogen-bond acceptors (Lipinski definition) is 6. The molecule has 1 amide bonds. The van der Waals surface area contributed by atoms with Gasteiger partial charge in [0.1, 0.15) is 12.2 Å². The third kappa shape index (κ3) is 4.04. The fourth-order valence-electron chi connectivity index (χ4n) is 3.90. The number of anilines is 2. The van der Waals surface area contributed by atoms with E-state index in [0.717, 1.165) is 47.1 Å². The van der Waals surface area contributed by atoms with Gasteiger partial charge >= 0.3 is 0 Å². The lowest BCUT2D eigenvalue weighted by atomic mass is 10.1. The molecule has 1 aliphatic heterocycles. The van der Waals surface area contributed by atoms with E-state index in [0.29, 0.717) is 25.3 Å². The zero-order chi connectivity index (χ0) is 21.9. The molecule has 0 atom stereocenters. The van der Waals surface area contributed by atoms with E-state index in [1.807, 2.05) is 61.5 Å². The maximum atomic E-state index is 12.5. The smallest absolute Gasteiger partial charge is 0.255 e. The summed E-state index contributed by atoms with van der Waals surface area (Å²) in [6, 6.07) is 17.1. The number of nitrogens with one attached hydrogen (secondary N) is 1. The Bertz CT molecular complexity index is 1230. The van der Waals surface area contributed by atoms with Crippen molar-refractivity contribution in [3.8, 4) is 0 Å². The van der Waals surface area contributed by atoms with Gasteiger partial charge in [0, 0.05) is 24.3 Å². The lowest BCUT2D eigenvalue weighted by Crippen LogP contribution is -2.36. The predicted molar refractivity (Wildman–Crippen MR) is 123 cm³/mol. The van der Waals surface area contributed by atoms with E-state index in [9.17, 15) is 4.79 Å². The number of rotatable bonds is 5. The second-order valence-electron chi connectivity index (χ2n) is 7.73. The molecular formula is C24H24N6O2. The van der Waals surface area contributed by atoms with Gasteiger partial charge in [-0.1, -0.05) is 30.3 Å². The largest absolute Gasteiger partial charge is 0.378 e. The van der Waals surface area contributed by atoms with Crippen LogP contribution in [0, 0.1) is 6.92 Å². The van der Waals surface area contributed by atoms with Crippen LogP contribution in [-0.2, 0) is 11.3 Å². The number of benzene rings is 2. The van der Waals surface area contributed by atoms with E-state index in [2.05, 4.69) is 24.8 Å². The second-order valence-corrected chi connectivity index (χ2v) is 7.73. The molecule has 8 nitrogen and oxygen atoms in total. The normalized spacial score (nSPS) is 14.0. The molecule has 4 aromatic rings. The van der Waals surface area contributed by atoms with E-state index in [-0.39, 0.29) is 5.91 Å². The van der Waals surface area contributed by atoms with Gasteiger partial charge in [0.15, 0.2) is 17.0 Å². The maximum absolute atomic E-state index is 12.5. The Labute approximate surface area is 185 Å². The number of carbonyl (C=O) groups is 1. The van der Waals surface area contributed by atoms with Gasteiger partial charge in [0.2, 0.25) is 0 Å². The molecule has 1 aliphatic rings. The summed E-state index contributed by atoms with van der Waals surface area (Å²) in [6.07, 6.45) is 1.60. The number of ether oxygens (including phenoxy) is 1. The first kappa shape index (κ1) is 20.1. The molecule has 2 aromatic heterocycles. The van der Waals surface area contributed by atoms with Crippen LogP contribution in [0.5, 0.6) is 0 Å². The number of aryl methyl sites for hydroxylation is 1. The van der Waals surface area contributed by atoms with Crippen LogP contribution >= 0.6 is 0 Å². The minimum absolute atomic E-state index is 0.130. The van der Waals surface area contributed by atoms with Crippen molar-refractivity contribution in [3.05, 3.63) is 77.9 Å². The van der Waals surface area contributed by atoms with Crippen LogP contribution in [0.3, 0.4) is 0 Å². The van der Waals surface area contributed by atoms with Crippen molar-refractivity contribution < 1.29 is 9.53 Å². The van der Waals surface area contributed by atoms with E-state index < -0.39 is 0 Å². The average Bonchev–Trinajstić information content (AvgIpc) is 3.16. The summed E-state index contributed by atoms with van der Waals surface area (Å²) in [6.45, 7) is 5.56. The molecule has 0 spiro atoms. The lowest BCUT2D eigenvalue weighted by molar-refractivity contribution is 0.102. The van der Waals surface area contributed by atoms with Gasteiger partial charge in [0.05, 0.1) is 19.8 Å². The molecule has 8 heteroatoms. The maximum Gasteiger partial charge on any atom is 0.255 e. The number of fused-ring (bicyclic) bond motifs is 1.